The molecule has 130 valence electrons. The van der Waals surface area contributed by atoms with E-state index in [4.69, 9.17) is 9.47 Å². The molecule has 1 aliphatic rings. The summed E-state index contributed by atoms with van der Waals surface area (Å²) in [5.41, 5.74) is 1.80. The van der Waals surface area contributed by atoms with Gasteiger partial charge in [0.05, 0.1) is 31.9 Å². The summed E-state index contributed by atoms with van der Waals surface area (Å²) in [4.78, 5) is 26.3. The Morgan fingerprint density at radius 1 is 0.769 bits per heavy atom. The molecule has 3 aromatic rings. The van der Waals surface area contributed by atoms with Gasteiger partial charge in [0, 0.05) is 0 Å². The summed E-state index contributed by atoms with van der Waals surface area (Å²) in [5, 5.41) is 1.95. The molecule has 0 bridgehead atoms. The van der Waals surface area contributed by atoms with E-state index < -0.39 is 0 Å². The predicted octanol–water partition coefficient (Wildman–Crippen LogP) is 3.65. The van der Waals surface area contributed by atoms with E-state index in [2.05, 4.69) is 0 Å². The Kier molecular flexibility index (Phi) is 3.84. The second-order valence-corrected chi connectivity index (χ2v) is 6.13. The van der Waals surface area contributed by atoms with Gasteiger partial charge in [-0.05, 0) is 46.7 Å². The van der Waals surface area contributed by atoms with Gasteiger partial charge in [0.25, 0.3) is 11.8 Å². The number of amides is 2. The fraction of sp³-hybridized carbons (Fsp3) is 0.143. The number of carbonyl (C=O) groups is 2. The number of hydrogen-bond donors (Lipinski definition) is 0. The van der Waals surface area contributed by atoms with E-state index in [0.717, 1.165) is 16.3 Å². The smallest absolute Gasteiger partial charge is 0.261 e. The molecule has 0 unspecified atom stereocenters. The Morgan fingerprint density at radius 2 is 1.35 bits per heavy atom. The minimum Gasteiger partial charge on any atom is -0.493 e. The third kappa shape index (κ3) is 2.49. The monoisotopic (exact) mass is 347 g/mol. The Labute approximate surface area is 150 Å². The lowest BCUT2D eigenvalue weighted by atomic mass is 10.1. The van der Waals surface area contributed by atoms with E-state index >= 15 is 0 Å². The molecular formula is C21H17NO4. The molecule has 0 fully saturated rings. The van der Waals surface area contributed by atoms with Crippen molar-refractivity contribution in [1.82, 2.24) is 4.90 Å². The van der Waals surface area contributed by atoms with E-state index in [1.54, 1.807) is 38.5 Å². The maximum atomic E-state index is 12.5. The van der Waals surface area contributed by atoms with E-state index in [1.807, 2.05) is 30.3 Å². The lowest BCUT2D eigenvalue weighted by Crippen LogP contribution is -2.29. The van der Waals surface area contributed by atoms with Crippen LogP contribution in [-0.2, 0) is 6.54 Å². The highest BCUT2D eigenvalue weighted by Gasteiger charge is 2.34. The highest BCUT2D eigenvalue weighted by molar-refractivity contribution is 6.21. The van der Waals surface area contributed by atoms with E-state index in [9.17, 15) is 9.59 Å². The minimum atomic E-state index is -0.252. The molecule has 1 aliphatic heterocycles. The zero-order valence-electron chi connectivity index (χ0n) is 14.5. The Hall–Kier alpha value is -3.34. The van der Waals surface area contributed by atoms with Crippen LogP contribution in [-0.4, -0.2) is 30.9 Å². The third-order valence-electron chi connectivity index (χ3n) is 4.63. The molecule has 0 aliphatic carbocycles. The first-order valence-electron chi connectivity index (χ1n) is 8.22. The summed E-state index contributed by atoms with van der Waals surface area (Å²) >= 11 is 0. The molecule has 0 spiro atoms. The second-order valence-electron chi connectivity index (χ2n) is 6.13. The standard InChI is InChI=1S/C21H17NO4/c1-25-18-10-14-8-7-13(9-15(14)11-19(18)26-2)12-22-20(23)16-5-3-4-6-17(16)21(22)24/h3-11H,12H2,1-2H3. The van der Waals surface area contributed by atoms with Crippen LogP contribution in [0.3, 0.4) is 0 Å². The fourth-order valence-corrected chi connectivity index (χ4v) is 3.29. The number of benzene rings is 3. The van der Waals surface area contributed by atoms with Gasteiger partial charge < -0.3 is 9.47 Å². The van der Waals surface area contributed by atoms with Crippen LogP contribution in [0.4, 0.5) is 0 Å². The first-order chi connectivity index (χ1) is 12.6. The summed E-state index contributed by atoms with van der Waals surface area (Å²) in [5.74, 6) is 0.794. The van der Waals surface area contributed by atoms with Crippen molar-refractivity contribution in [2.45, 2.75) is 6.54 Å². The van der Waals surface area contributed by atoms with E-state index in [0.29, 0.717) is 22.6 Å². The summed E-state index contributed by atoms with van der Waals surface area (Å²) in [6.07, 6.45) is 0. The van der Waals surface area contributed by atoms with Crippen LogP contribution in [0.1, 0.15) is 26.3 Å². The molecule has 0 aromatic heterocycles. The van der Waals surface area contributed by atoms with Crippen molar-refractivity contribution in [1.29, 1.82) is 0 Å². The van der Waals surface area contributed by atoms with Gasteiger partial charge in [-0.2, -0.15) is 0 Å². The summed E-state index contributed by atoms with van der Waals surface area (Å²) in [6, 6.07) is 16.5. The van der Waals surface area contributed by atoms with E-state index in [-0.39, 0.29) is 18.4 Å². The van der Waals surface area contributed by atoms with Gasteiger partial charge in [0.2, 0.25) is 0 Å². The molecule has 0 saturated heterocycles. The van der Waals surface area contributed by atoms with Crippen molar-refractivity contribution in [2.24, 2.45) is 0 Å². The molecule has 5 nitrogen and oxygen atoms in total. The topological polar surface area (TPSA) is 55.8 Å². The van der Waals surface area contributed by atoms with Crippen LogP contribution in [0, 0.1) is 0 Å². The molecule has 4 rings (SSSR count). The van der Waals surface area contributed by atoms with Gasteiger partial charge in [0.15, 0.2) is 11.5 Å². The number of imide groups is 1. The van der Waals surface area contributed by atoms with Gasteiger partial charge in [0.1, 0.15) is 0 Å². The first-order valence-corrected chi connectivity index (χ1v) is 8.22. The zero-order chi connectivity index (χ0) is 18.3. The Bertz CT molecular complexity index is 1010. The van der Waals surface area contributed by atoms with Gasteiger partial charge in [-0.15, -0.1) is 0 Å². The minimum absolute atomic E-state index is 0.233. The number of rotatable bonds is 4. The lowest BCUT2D eigenvalue weighted by Gasteiger charge is -2.15. The molecule has 0 saturated carbocycles. The molecule has 1 heterocycles. The van der Waals surface area contributed by atoms with E-state index in [1.165, 1.54) is 4.90 Å². The number of nitrogens with zero attached hydrogens (tertiary/aromatic N) is 1. The van der Waals surface area contributed by atoms with Crippen molar-refractivity contribution < 1.29 is 19.1 Å². The normalized spacial score (nSPS) is 13.2. The number of methoxy groups -OCH3 is 2. The number of hydrogen-bond acceptors (Lipinski definition) is 4. The summed E-state index contributed by atoms with van der Waals surface area (Å²) in [6.45, 7) is 0.233. The fourth-order valence-electron chi connectivity index (χ4n) is 3.29. The van der Waals surface area contributed by atoms with Crippen LogP contribution >= 0.6 is 0 Å². The van der Waals surface area contributed by atoms with Gasteiger partial charge >= 0.3 is 0 Å². The van der Waals surface area contributed by atoms with Gasteiger partial charge in [-0.25, -0.2) is 0 Å². The van der Waals surface area contributed by atoms with Crippen LogP contribution in [0.5, 0.6) is 11.5 Å². The van der Waals surface area contributed by atoms with Crippen LogP contribution in [0.25, 0.3) is 10.8 Å². The molecule has 26 heavy (non-hydrogen) atoms. The largest absolute Gasteiger partial charge is 0.493 e. The van der Waals surface area contributed by atoms with Crippen LogP contribution in [0.15, 0.2) is 54.6 Å². The quantitative estimate of drug-likeness (QED) is 0.676. The number of ether oxygens (including phenoxy) is 2. The Balaban J connectivity index is 1.68. The van der Waals surface area contributed by atoms with Crippen molar-refractivity contribution in [3.8, 4) is 11.5 Å². The molecular weight excluding hydrogens is 330 g/mol. The van der Waals surface area contributed by atoms with Crippen molar-refractivity contribution in [2.75, 3.05) is 14.2 Å². The van der Waals surface area contributed by atoms with Crippen molar-refractivity contribution in [3.05, 3.63) is 71.3 Å². The maximum absolute atomic E-state index is 12.5. The average Bonchev–Trinajstić information content (AvgIpc) is 2.92. The zero-order valence-corrected chi connectivity index (χ0v) is 14.5. The molecule has 3 aromatic carbocycles. The molecule has 2 amide bonds. The molecule has 0 N–H and O–H groups in total. The molecule has 0 radical (unpaired) electrons. The SMILES string of the molecule is COc1cc2ccc(CN3C(=O)c4ccccc4C3=O)cc2cc1OC. The molecule has 5 heteroatoms. The molecule has 0 atom stereocenters. The van der Waals surface area contributed by atoms with Crippen molar-refractivity contribution >= 4 is 22.6 Å². The Morgan fingerprint density at radius 3 is 1.92 bits per heavy atom. The summed E-state index contributed by atoms with van der Waals surface area (Å²) in [7, 11) is 3.19. The van der Waals surface area contributed by atoms with Gasteiger partial charge in [-0.1, -0.05) is 24.3 Å². The van der Waals surface area contributed by atoms with Gasteiger partial charge in [-0.3, -0.25) is 14.5 Å². The van der Waals surface area contributed by atoms with Crippen molar-refractivity contribution in [3.63, 3.8) is 0 Å². The number of fused-ring (bicyclic) bond motifs is 2. The van der Waals surface area contributed by atoms with Crippen LogP contribution < -0.4 is 9.47 Å². The number of carbonyl (C=O) groups excluding carboxylic acids is 2. The highest BCUT2D eigenvalue weighted by atomic mass is 16.5. The summed E-state index contributed by atoms with van der Waals surface area (Å²) < 4.78 is 10.7. The van der Waals surface area contributed by atoms with Crippen LogP contribution in [0.2, 0.25) is 0 Å². The predicted molar refractivity (Wildman–Crippen MR) is 97.7 cm³/mol. The maximum Gasteiger partial charge on any atom is 0.261 e. The lowest BCUT2D eigenvalue weighted by molar-refractivity contribution is 0.0642. The third-order valence-corrected chi connectivity index (χ3v) is 4.63. The first kappa shape index (κ1) is 16.1. The highest BCUT2D eigenvalue weighted by Crippen LogP contribution is 2.33. The second kappa shape index (κ2) is 6.19. The average molecular weight is 347 g/mol.